The Morgan fingerprint density at radius 1 is 1.17 bits per heavy atom. The Labute approximate surface area is 123 Å². The van der Waals surface area contributed by atoms with Crippen molar-refractivity contribution in [1.29, 1.82) is 0 Å². The molecule has 0 saturated carbocycles. The molecule has 0 spiro atoms. The Morgan fingerprint density at radius 3 is 2.33 bits per heavy atom. The summed E-state index contributed by atoms with van der Waals surface area (Å²) in [6.07, 6.45) is 9.54. The van der Waals surface area contributed by atoms with Gasteiger partial charge in [0.2, 0.25) is 0 Å². The van der Waals surface area contributed by atoms with Crippen molar-refractivity contribution in [2.45, 2.75) is 65.2 Å². The maximum Gasteiger partial charge on any atom is 0.172 e. The Hall–Kier alpha value is -0.150. The molecule has 0 bridgehead atoms. The monoisotopic (exact) mass is 330 g/mol. The number of Topliss-reactive ketones (excluding diaryl/α,β-unsaturated/α-hetero) is 1. The quantitative estimate of drug-likeness (QED) is 0.392. The van der Waals surface area contributed by atoms with Gasteiger partial charge in [-0.25, -0.2) is 0 Å². The highest BCUT2D eigenvalue weighted by molar-refractivity contribution is 9.11. The van der Waals surface area contributed by atoms with Gasteiger partial charge in [0.1, 0.15) is 0 Å². The predicted molar refractivity (Wildman–Crippen MR) is 83.7 cm³/mol. The van der Waals surface area contributed by atoms with E-state index in [-0.39, 0.29) is 0 Å². The Balaban J connectivity index is 2.14. The number of aryl methyl sites for hydroxylation is 1. The van der Waals surface area contributed by atoms with E-state index in [4.69, 9.17) is 0 Å². The second kappa shape index (κ2) is 8.87. The molecule has 18 heavy (non-hydrogen) atoms. The van der Waals surface area contributed by atoms with Crippen LogP contribution in [-0.2, 0) is 0 Å². The van der Waals surface area contributed by atoms with Crippen LogP contribution in [0.2, 0.25) is 0 Å². The molecule has 0 aliphatic carbocycles. The molecular weight excluding hydrogens is 308 g/mol. The topological polar surface area (TPSA) is 17.1 Å². The summed E-state index contributed by atoms with van der Waals surface area (Å²) in [6.45, 7) is 4.27. The standard InChI is InChI=1S/C15H23BrOS/c1-3-4-5-6-7-8-9-10-13(17)14-11-12(2)15(16)18-14/h11H,3-10H2,1-2H3. The molecule has 1 aromatic heterocycles. The van der Waals surface area contributed by atoms with Crippen molar-refractivity contribution in [3.63, 3.8) is 0 Å². The first-order valence-corrected chi connectivity index (χ1v) is 8.55. The van der Waals surface area contributed by atoms with Gasteiger partial charge in [-0.3, -0.25) is 4.79 Å². The molecule has 0 fully saturated rings. The fourth-order valence-electron chi connectivity index (χ4n) is 1.96. The van der Waals surface area contributed by atoms with Crippen LogP contribution in [0, 0.1) is 6.92 Å². The SMILES string of the molecule is CCCCCCCCCC(=O)c1cc(C)c(Br)s1. The first kappa shape index (κ1) is 15.9. The molecule has 0 aliphatic rings. The zero-order valence-electron chi connectivity index (χ0n) is 11.4. The summed E-state index contributed by atoms with van der Waals surface area (Å²) >= 11 is 5.03. The largest absolute Gasteiger partial charge is 0.293 e. The first-order valence-electron chi connectivity index (χ1n) is 6.94. The molecule has 0 atom stereocenters. The number of unbranched alkanes of at least 4 members (excludes halogenated alkanes) is 6. The molecule has 0 saturated heterocycles. The maximum atomic E-state index is 11.9. The van der Waals surface area contributed by atoms with Gasteiger partial charge in [-0.05, 0) is 40.9 Å². The molecule has 1 aromatic rings. The molecule has 1 heterocycles. The molecule has 0 radical (unpaired) electrons. The van der Waals surface area contributed by atoms with Gasteiger partial charge in [0.05, 0.1) is 8.66 Å². The first-order chi connectivity index (χ1) is 8.65. The lowest BCUT2D eigenvalue weighted by Crippen LogP contribution is -1.95. The van der Waals surface area contributed by atoms with Crippen LogP contribution < -0.4 is 0 Å². The lowest BCUT2D eigenvalue weighted by molar-refractivity contribution is 0.0983. The number of halogens is 1. The summed E-state index contributed by atoms with van der Waals surface area (Å²) < 4.78 is 1.09. The highest BCUT2D eigenvalue weighted by Crippen LogP contribution is 2.28. The minimum absolute atomic E-state index is 0.308. The van der Waals surface area contributed by atoms with Crippen molar-refractivity contribution in [3.8, 4) is 0 Å². The summed E-state index contributed by atoms with van der Waals surface area (Å²) in [4.78, 5) is 12.8. The van der Waals surface area contributed by atoms with Gasteiger partial charge in [0.15, 0.2) is 5.78 Å². The lowest BCUT2D eigenvalue weighted by Gasteiger charge is -2.00. The van der Waals surface area contributed by atoms with Gasteiger partial charge in [-0.15, -0.1) is 11.3 Å². The molecule has 1 rings (SSSR count). The van der Waals surface area contributed by atoms with Crippen LogP contribution in [0.3, 0.4) is 0 Å². The number of carbonyl (C=O) groups is 1. The summed E-state index contributed by atoms with van der Waals surface area (Å²) in [5, 5.41) is 0. The molecule has 0 aromatic carbocycles. The Bertz CT molecular complexity index is 351. The zero-order chi connectivity index (χ0) is 13.4. The van der Waals surface area contributed by atoms with Crippen molar-refractivity contribution >= 4 is 33.0 Å². The van der Waals surface area contributed by atoms with Crippen molar-refractivity contribution < 1.29 is 4.79 Å². The highest BCUT2D eigenvalue weighted by atomic mass is 79.9. The molecule has 102 valence electrons. The van der Waals surface area contributed by atoms with E-state index in [0.717, 1.165) is 15.1 Å². The number of carbonyl (C=O) groups excluding carboxylic acids is 1. The van der Waals surface area contributed by atoms with E-state index in [1.165, 1.54) is 44.1 Å². The Kier molecular flexibility index (Phi) is 7.84. The molecule has 3 heteroatoms. The maximum absolute atomic E-state index is 11.9. The van der Waals surface area contributed by atoms with E-state index >= 15 is 0 Å². The van der Waals surface area contributed by atoms with Crippen LogP contribution in [0.1, 0.15) is 73.5 Å². The van der Waals surface area contributed by atoms with Crippen LogP contribution in [0.25, 0.3) is 0 Å². The predicted octanol–water partition coefficient (Wildman–Crippen LogP) is 6.14. The third-order valence-corrected chi connectivity index (χ3v) is 5.32. The van der Waals surface area contributed by atoms with Crippen LogP contribution in [0.4, 0.5) is 0 Å². The average molecular weight is 331 g/mol. The lowest BCUT2D eigenvalue weighted by atomic mass is 10.1. The second-order valence-electron chi connectivity index (χ2n) is 4.86. The number of hydrogen-bond donors (Lipinski definition) is 0. The molecule has 0 amide bonds. The van der Waals surface area contributed by atoms with E-state index in [1.54, 1.807) is 11.3 Å². The molecule has 0 N–H and O–H groups in total. The van der Waals surface area contributed by atoms with E-state index in [9.17, 15) is 4.79 Å². The summed E-state index contributed by atoms with van der Waals surface area (Å²) in [5.41, 5.74) is 1.17. The zero-order valence-corrected chi connectivity index (χ0v) is 13.8. The normalized spacial score (nSPS) is 10.8. The van der Waals surface area contributed by atoms with Crippen molar-refractivity contribution in [2.24, 2.45) is 0 Å². The molecule has 0 unspecified atom stereocenters. The van der Waals surface area contributed by atoms with Crippen LogP contribution in [0.15, 0.2) is 9.85 Å². The number of ketones is 1. The molecular formula is C15H23BrOS. The fourth-order valence-corrected chi connectivity index (χ4v) is 3.47. The van der Waals surface area contributed by atoms with E-state index in [0.29, 0.717) is 12.2 Å². The summed E-state index contributed by atoms with van der Waals surface area (Å²) in [7, 11) is 0. The molecule has 1 nitrogen and oxygen atoms in total. The van der Waals surface area contributed by atoms with Crippen molar-refractivity contribution in [3.05, 3.63) is 20.3 Å². The van der Waals surface area contributed by atoms with Crippen LogP contribution in [-0.4, -0.2) is 5.78 Å². The van der Waals surface area contributed by atoms with Gasteiger partial charge < -0.3 is 0 Å². The second-order valence-corrected chi connectivity index (χ2v) is 7.23. The van der Waals surface area contributed by atoms with Crippen LogP contribution >= 0.6 is 27.3 Å². The smallest absolute Gasteiger partial charge is 0.172 e. The summed E-state index contributed by atoms with van der Waals surface area (Å²) in [6, 6.07) is 2.00. The van der Waals surface area contributed by atoms with E-state index in [1.807, 2.05) is 13.0 Å². The number of rotatable bonds is 9. The van der Waals surface area contributed by atoms with Crippen molar-refractivity contribution in [1.82, 2.24) is 0 Å². The van der Waals surface area contributed by atoms with E-state index in [2.05, 4.69) is 22.9 Å². The number of hydrogen-bond acceptors (Lipinski definition) is 2. The minimum atomic E-state index is 0.308. The summed E-state index contributed by atoms with van der Waals surface area (Å²) in [5.74, 6) is 0.308. The number of thiophene rings is 1. The third-order valence-electron chi connectivity index (χ3n) is 3.14. The van der Waals surface area contributed by atoms with Crippen molar-refractivity contribution in [2.75, 3.05) is 0 Å². The Morgan fingerprint density at radius 2 is 1.78 bits per heavy atom. The van der Waals surface area contributed by atoms with E-state index < -0.39 is 0 Å². The van der Waals surface area contributed by atoms with Gasteiger partial charge >= 0.3 is 0 Å². The fraction of sp³-hybridized carbons (Fsp3) is 0.667. The van der Waals surface area contributed by atoms with Gasteiger partial charge in [0.25, 0.3) is 0 Å². The molecule has 0 aliphatic heterocycles. The minimum Gasteiger partial charge on any atom is -0.293 e. The third kappa shape index (κ3) is 5.66. The van der Waals surface area contributed by atoms with Gasteiger partial charge in [0, 0.05) is 6.42 Å². The van der Waals surface area contributed by atoms with Gasteiger partial charge in [-0.2, -0.15) is 0 Å². The van der Waals surface area contributed by atoms with Crippen LogP contribution in [0.5, 0.6) is 0 Å². The average Bonchev–Trinajstić information content (AvgIpc) is 2.68. The highest BCUT2D eigenvalue weighted by Gasteiger charge is 2.10. The van der Waals surface area contributed by atoms with Gasteiger partial charge in [-0.1, -0.05) is 45.4 Å².